The standard InChI is InChI=1S/C20H17ClN4O4/c1-3-28-19(26)16-15-9-13(11-5-7-12(21)8-6-11)14(10-22)18(23)25(15)24-17(16)20(27)29-4-2/h5-9H,3-4,23H2,1-2H3. The highest BCUT2D eigenvalue weighted by Gasteiger charge is 2.29. The molecule has 8 nitrogen and oxygen atoms in total. The molecule has 0 spiro atoms. The lowest BCUT2D eigenvalue weighted by atomic mass is 10.00. The van der Waals surface area contributed by atoms with Gasteiger partial charge in [-0.1, -0.05) is 23.7 Å². The fraction of sp³-hybridized carbons (Fsp3) is 0.200. The second kappa shape index (κ2) is 8.20. The number of carbonyl (C=O) groups is 2. The average Bonchev–Trinajstić information content (AvgIpc) is 3.09. The van der Waals surface area contributed by atoms with Gasteiger partial charge in [-0.05, 0) is 37.6 Å². The van der Waals surface area contributed by atoms with Gasteiger partial charge in [0.05, 0.1) is 18.7 Å². The normalized spacial score (nSPS) is 10.6. The molecule has 0 radical (unpaired) electrons. The maximum absolute atomic E-state index is 12.6. The molecule has 3 rings (SSSR count). The molecule has 3 aromatic rings. The summed E-state index contributed by atoms with van der Waals surface area (Å²) in [6, 6.07) is 10.4. The van der Waals surface area contributed by atoms with Crippen LogP contribution in [-0.2, 0) is 9.47 Å². The number of nitrogens with zero attached hydrogens (tertiary/aromatic N) is 3. The van der Waals surface area contributed by atoms with Gasteiger partial charge in [0, 0.05) is 10.6 Å². The Bertz CT molecular complexity index is 1150. The van der Waals surface area contributed by atoms with Crippen LogP contribution in [0.25, 0.3) is 16.6 Å². The Labute approximate surface area is 171 Å². The summed E-state index contributed by atoms with van der Waals surface area (Å²) in [6.07, 6.45) is 0. The first-order valence-corrected chi connectivity index (χ1v) is 9.16. The van der Waals surface area contributed by atoms with E-state index in [1.54, 1.807) is 44.2 Å². The summed E-state index contributed by atoms with van der Waals surface area (Å²) in [4.78, 5) is 25.0. The van der Waals surface area contributed by atoms with Gasteiger partial charge >= 0.3 is 11.9 Å². The molecule has 148 valence electrons. The predicted octanol–water partition coefficient (Wildman–Crippen LogP) is 3.46. The van der Waals surface area contributed by atoms with Crippen LogP contribution in [-0.4, -0.2) is 34.8 Å². The number of hydrogen-bond donors (Lipinski definition) is 1. The van der Waals surface area contributed by atoms with Crippen molar-refractivity contribution in [3.63, 3.8) is 0 Å². The quantitative estimate of drug-likeness (QED) is 0.637. The highest BCUT2D eigenvalue weighted by atomic mass is 35.5. The molecular weight excluding hydrogens is 396 g/mol. The van der Waals surface area contributed by atoms with Crippen molar-refractivity contribution in [2.45, 2.75) is 13.8 Å². The van der Waals surface area contributed by atoms with E-state index in [0.29, 0.717) is 16.1 Å². The number of carbonyl (C=O) groups excluding carboxylic acids is 2. The van der Waals surface area contributed by atoms with Gasteiger partial charge in [0.1, 0.15) is 23.0 Å². The topological polar surface area (TPSA) is 120 Å². The third-order valence-electron chi connectivity index (χ3n) is 4.17. The second-order valence-electron chi connectivity index (χ2n) is 5.90. The lowest BCUT2D eigenvalue weighted by Crippen LogP contribution is -2.13. The summed E-state index contributed by atoms with van der Waals surface area (Å²) in [5.74, 6) is -1.54. The molecule has 0 fully saturated rings. The smallest absolute Gasteiger partial charge is 0.359 e. The largest absolute Gasteiger partial charge is 0.462 e. The van der Waals surface area contributed by atoms with Gasteiger partial charge in [0.2, 0.25) is 0 Å². The fourth-order valence-corrected chi connectivity index (χ4v) is 3.05. The predicted molar refractivity (Wildman–Crippen MR) is 107 cm³/mol. The summed E-state index contributed by atoms with van der Waals surface area (Å²) < 4.78 is 11.3. The Morgan fingerprint density at radius 3 is 2.38 bits per heavy atom. The Kier molecular flexibility index (Phi) is 5.71. The van der Waals surface area contributed by atoms with E-state index in [2.05, 4.69) is 11.2 Å². The molecule has 2 heterocycles. The first-order chi connectivity index (χ1) is 13.9. The summed E-state index contributed by atoms with van der Waals surface area (Å²) in [5.41, 5.74) is 7.38. The Hall–Kier alpha value is -3.57. The minimum Gasteiger partial charge on any atom is -0.462 e. The summed E-state index contributed by atoms with van der Waals surface area (Å²) in [7, 11) is 0. The number of benzene rings is 1. The number of anilines is 1. The van der Waals surface area contributed by atoms with Crippen LogP contribution in [0.3, 0.4) is 0 Å². The van der Waals surface area contributed by atoms with Gasteiger partial charge in [0.15, 0.2) is 5.69 Å². The number of nitrogen functional groups attached to an aromatic ring is 1. The monoisotopic (exact) mass is 412 g/mol. The van der Waals surface area contributed by atoms with E-state index in [9.17, 15) is 14.9 Å². The maximum Gasteiger partial charge on any atom is 0.359 e. The van der Waals surface area contributed by atoms with Crippen LogP contribution in [0.15, 0.2) is 30.3 Å². The van der Waals surface area contributed by atoms with Crippen LogP contribution in [0, 0.1) is 11.3 Å². The van der Waals surface area contributed by atoms with Gasteiger partial charge in [-0.3, -0.25) is 0 Å². The van der Waals surface area contributed by atoms with Crippen LogP contribution in [0.1, 0.15) is 40.3 Å². The van der Waals surface area contributed by atoms with Crippen LogP contribution in [0.2, 0.25) is 5.02 Å². The van der Waals surface area contributed by atoms with Crippen molar-refractivity contribution in [3.05, 3.63) is 52.2 Å². The molecule has 0 aliphatic rings. The molecule has 1 aromatic carbocycles. The van der Waals surface area contributed by atoms with Crippen molar-refractivity contribution in [2.75, 3.05) is 18.9 Å². The van der Waals surface area contributed by atoms with E-state index in [4.69, 9.17) is 26.8 Å². The summed E-state index contributed by atoms with van der Waals surface area (Å²) in [5, 5.41) is 14.3. The number of ether oxygens (including phenoxy) is 2. The zero-order valence-electron chi connectivity index (χ0n) is 15.7. The first-order valence-electron chi connectivity index (χ1n) is 8.78. The second-order valence-corrected chi connectivity index (χ2v) is 6.33. The lowest BCUT2D eigenvalue weighted by Gasteiger charge is -2.10. The maximum atomic E-state index is 12.6. The van der Waals surface area contributed by atoms with Crippen molar-refractivity contribution < 1.29 is 19.1 Å². The zero-order valence-corrected chi connectivity index (χ0v) is 16.5. The van der Waals surface area contributed by atoms with E-state index < -0.39 is 11.9 Å². The van der Waals surface area contributed by atoms with E-state index in [0.717, 1.165) is 0 Å². The van der Waals surface area contributed by atoms with Crippen LogP contribution < -0.4 is 5.73 Å². The molecule has 0 unspecified atom stereocenters. The van der Waals surface area contributed by atoms with Crippen LogP contribution in [0.5, 0.6) is 0 Å². The molecule has 29 heavy (non-hydrogen) atoms. The van der Waals surface area contributed by atoms with Gasteiger partial charge in [-0.2, -0.15) is 10.4 Å². The van der Waals surface area contributed by atoms with E-state index in [-0.39, 0.29) is 41.4 Å². The highest BCUT2D eigenvalue weighted by Crippen LogP contribution is 2.32. The van der Waals surface area contributed by atoms with Crippen molar-refractivity contribution in [3.8, 4) is 17.2 Å². The number of nitrogens with two attached hydrogens (primary N) is 1. The minimum absolute atomic E-state index is 0.0175. The van der Waals surface area contributed by atoms with Crippen molar-refractivity contribution in [2.24, 2.45) is 0 Å². The van der Waals surface area contributed by atoms with Gasteiger partial charge < -0.3 is 15.2 Å². The lowest BCUT2D eigenvalue weighted by molar-refractivity contribution is 0.0476. The molecule has 2 N–H and O–H groups in total. The number of aromatic nitrogens is 2. The Morgan fingerprint density at radius 2 is 1.79 bits per heavy atom. The van der Waals surface area contributed by atoms with Gasteiger partial charge in [-0.15, -0.1) is 0 Å². The molecule has 0 bridgehead atoms. The molecule has 0 amide bonds. The van der Waals surface area contributed by atoms with E-state index >= 15 is 0 Å². The minimum atomic E-state index is -0.787. The van der Waals surface area contributed by atoms with Crippen molar-refractivity contribution in [1.29, 1.82) is 5.26 Å². The van der Waals surface area contributed by atoms with Crippen LogP contribution in [0.4, 0.5) is 5.82 Å². The van der Waals surface area contributed by atoms with E-state index in [1.807, 2.05) is 0 Å². The molecule has 0 atom stereocenters. The highest BCUT2D eigenvalue weighted by molar-refractivity contribution is 6.30. The molecular formula is C20H17ClN4O4. The fourth-order valence-electron chi connectivity index (χ4n) is 2.92. The molecule has 0 saturated heterocycles. The number of nitriles is 1. The van der Waals surface area contributed by atoms with Crippen molar-refractivity contribution >= 4 is 34.9 Å². The number of pyridine rings is 1. The third kappa shape index (κ3) is 3.60. The van der Waals surface area contributed by atoms with E-state index in [1.165, 1.54) is 4.52 Å². The van der Waals surface area contributed by atoms with Gasteiger partial charge in [0.25, 0.3) is 0 Å². The molecule has 2 aromatic heterocycles. The third-order valence-corrected chi connectivity index (χ3v) is 4.42. The summed E-state index contributed by atoms with van der Waals surface area (Å²) in [6.45, 7) is 3.49. The molecule has 0 aliphatic heterocycles. The average molecular weight is 413 g/mol. The number of fused-ring (bicyclic) bond motifs is 1. The Morgan fingerprint density at radius 1 is 1.17 bits per heavy atom. The molecule has 9 heteroatoms. The van der Waals surface area contributed by atoms with Crippen LogP contribution >= 0.6 is 11.6 Å². The Balaban J connectivity index is 2.37. The zero-order chi connectivity index (χ0) is 21.1. The number of rotatable bonds is 5. The van der Waals surface area contributed by atoms with Gasteiger partial charge in [-0.25, -0.2) is 14.1 Å². The summed E-state index contributed by atoms with van der Waals surface area (Å²) >= 11 is 5.95. The number of halogens is 1. The SMILES string of the molecule is CCOC(=O)c1nn2c(N)c(C#N)c(-c3ccc(Cl)cc3)cc2c1C(=O)OCC. The molecule has 0 aliphatic carbocycles. The first kappa shape index (κ1) is 20.2. The van der Waals surface area contributed by atoms with Crippen molar-refractivity contribution in [1.82, 2.24) is 9.61 Å². The number of esters is 2. The molecule has 0 saturated carbocycles. The number of hydrogen-bond acceptors (Lipinski definition) is 7.